The molecule has 0 aromatic heterocycles. The topological polar surface area (TPSA) is 26.0 Å². The number of rotatable bonds is 3. The van der Waals surface area contributed by atoms with Crippen LogP contribution in [0.2, 0.25) is 5.02 Å². The summed E-state index contributed by atoms with van der Waals surface area (Å²) in [6.07, 6.45) is 13.3. The Hall–Kier alpha value is -0.530. The quantitative estimate of drug-likeness (QED) is 0.800. The van der Waals surface area contributed by atoms with Gasteiger partial charge in [-0.2, -0.15) is 0 Å². The molecule has 0 heterocycles. The molecular weight excluding hydrogens is 278 g/mol. The highest BCUT2D eigenvalue weighted by Crippen LogP contribution is 2.44. The van der Waals surface area contributed by atoms with Crippen molar-refractivity contribution in [2.24, 2.45) is 17.6 Å². The standard InChI is InChI=1S/C19H28ClN/c20-17-11-9-15(10-12-17)14-19(21)13-5-4-8-18(19)16-6-2-1-3-7-16/h9-12,16,18H,1-8,13-14,21H2. The molecule has 0 saturated heterocycles. The zero-order valence-corrected chi connectivity index (χ0v) is 13.7. The lowest BCUT2D eigenvalue weighted by Gasteiger charge is -2.46. The van der Waals surface area contributed by atoms with Crippen LogP contribution in [0.5, 0.6) is 0 Å². The van der Waals surface area contributed by atoms with E-state index in [0.717, 1.165) is 23.3 Å². The average Bonchev–Trinajstić information content (AvgIpc) is 2.51. The van der Waals surface area contributed by atoms with Crippen LogP contribution in [-0.2, 0) is 6.42 Å². The molecule has 2 aliphatic rings. The van der Waals surface area contributed by atoms with E-state index in [2.05, 4.69) is 12.1 Å². The van der Waals surface area contributed by atoms with Crippen LogP contribution in [-0.4, -0.2) is 5.54 Å². The lowest BCUT2D eigenvalue weighted by atomic mass is 9.62. The molecule has 116 valence electrons. The molecule has 2 aliphatic carbocycles. The van der Waals surface area contributed by atoms with E-state index in [-0.39, 0.29) is 5.54 Å². The highest BCUT2D eigenvalue weighted by Gasteiger charge is 2.41. The van der Waals surface area contributed by atoms with Crippen LogP contribution in [0.15, 0.2) is 24.3 Å². The third kappa shape index (κ3) is 3.63. The second kappa shape index (κ2) is 6.71. The van der Waals surface area contributed by atoms with Gasteiger partial charge in [-0.15, -0.1) is 0 Å². The third-order valence-corrected chi connectivity index (χ3v) is 6.06. The maximum atomic E-state index is 6.97. The fourth-order valence-corrected chi connectivity index (χ4v) is 4.86. The van der Waals surface area contributed by atoms with Gasteiger partial charge >= 0.3 is 0 Å². The molecule has 2 N–H and O–H groups in total. The summed E-state index contributed by atoms with van der Waals surface area (Å²) in [7, 11) is 0. The fourth-order valence-electron chi connectivity index (χ4n) is 4.73. The van der Waals surface area contributed by atoms with Crippen molar-refractivity contribution in [2.75, 3.05) is 0 Å². The van der Waals surface area contributed by atoms with Crippen molar-refractivity contribution in [3.05, 3.63) is 34.9 Å². The molecule has 2 heteroatoms. The molecule has 21 heavy (non-hydrogen) atoms. The van der Waals surface area contributed by atoms with Crippen molar-refractivity contribution in [3.8, 4) is 0 Å². The maximum Gasteiger partial charge on any atom is 0.0406 e. The summed E-state index contributed by atoms with van der Waals surface area (Å²) >= 11 is 6.01. The van der Waals surface area contributed by atoms with E-state index in [1.165, 1.54) is 63.4 Å². The van der Waals surface area contributed by atoms with Crippen molar-refractivity contribution in [2.45, 2.75) is 69.7 Å². The van der Waals surface area contributed by atoms with E-state index in [4.69, 9.17) is 17.3 Å². The SMILES string of the molecule is NC1(Cc2ccc(Cl)cc2)CCCCC1C1CCCCC1. The Morgan fingerprint density at radius 3 is 2.33 bits per heavy atom. The van der Waals surface area contributed by atoms with Crippen LogP contribution in [0, 0.1) is 11.8 Å². The van der Waals surface area contributed by atoms with Crippen molar-refractivity contribution in [3.63, 3.8) is 0 Å². The normalized spacial score (nSPS) is 31.2. The van der Waals surface area contributed by atoms with E-state index in [1.807, 2.05) is 12.1 Å². The number of benzene rings is 1. The van der Waals surface area contributed by atoms with Crippen LogP contribution in [0.1, 0.15) is 63.4 Å². The van der Waals surface area contributed by atoms with Crippen LogP contribution in [0.4, 0.5) is 0 Å². The minimum Gasteiger partial charge on any atom is -0.325 e. The second-order valence-electron chi connectivity index (χ2n) is 7.29. The zero-order chi connectivity index (χ0) is 14.7. The van der Waals surface area contributed by atoms with E-state index >= 15 is 0 Å². The minimum atomic E-state index is 0.00802. The Morgan fingerprint density at radius 1 is 0.952 bits per heavy atom. The minimum absolute atomic E-state index is 0.00802. The Bertz CT molecular complexity index is 449. The molecule has 1 aromatic rings. The van der Waals surface area contributed by atoms with Gasteiger partial charge in [0.1, 0.15) is 0 Å². The van der Waals surface area contributed by atoms with Gasteiger partial charge in [0.25, 0.3) is 0 Å². The van der Waals surface area contributed by atoms with E-state index in [9.17, 15) is 0 Å². The van der Waals surface area contributed by atoms with Gasteiger partial charge in [-0.1, -0.05) is 68.7 Å². The molecule has 1 nitrogen and oxygen atoms in total. The van der Waals surface area contributed by atoms with Gasteiger partial charge in [0, 0.05) is 10.6 Å². The van der Waals surface area contributed by atoms with Gasteiger partial charge < -0.3 is 5.73 Å². The molecule has 1 aromatic carbocycles. The second-order valence-corrected chi connectivity index (χ2v) is 7.72. The third-order valence-electron chi connectivity index (χ3n) is 5.81. The molecule has 2 saturated carbocycles. The monoisotopic (exact) mass is 305 g/mol. The zero-order valence-electron chi connectivity index (χ0n) is 13.0. The van der Waals surface area contributed by atoms with Crippen LogP contribution >= 0.6 is 11.6 Å². The molecule has 0 spiro atoms. The summed E-state index contributed by atoms with van der Waals surface area (Å²) in [5.74, 6) is 1.60. The van der Waals surface area contributed by atoms with E-state index in [0.29, 0.717) is 0 Å². The summed E-state index contributed by atoms with van der Waals surface area (Å²) < 4.78 is 0. The number of nitrogens with two attached hydrogens (primary N) is 1. The van der Waals surface area contributed by atoms with E-state index < -0.39 is 0 Å². The first-order valence-electron chi connectivity index (χ1n) is 8.71. The number of hydrogen-bond donors (Lipinski definition) is 1. The largest absolute Gasteiger partial charge is 0.325 e. The Kier molecular flexibility index (Phi) is 4.91. The lowest BCUT2D eigenvalue weighted by molar-refractivity contribution is 0.0995. The molecule has 0 amide bonds. The molecule has 0 bridgehead atoms. The smallest absolute Gasteiger partial charge is 0.0406 e. The van der Waals surface area contributed by atoms with Crippen molar-refractivity contribution in [1.82, 2.24) is 0 Å². The van der Waals surface area contributed by atoms with Crippen molar-refractivity contribution >= 4 is 11.6 Å². The van der Waals surface area contributed by atoms with Crippen LogP contribution < -0.4 is 5.73 Å². The summed E-state index contributed by atoms with van der Waals surface area (Å²) in [5, 5.41) is 0.817. The van der Waals surface area contributed by atoms with Gasteiger partial charge in [-0.3, -0.25) is 0 Å². The van der Waals surface area contributed by atoms with Gasteiger partial charge in [0.2, 0.25) is 0 Å². The number of halogens is 1. The Labute approximate surface area is 134 Å². The summed E-state index contributed by atoms with van der Waals surface area (Å²) in [6, 6.07) is 8.31. The van der Waals surface area contributed by atoms with E-state index in [1.54, 1.807) is 0 Å². The van der Waals surface area contributed by atoms with Crippen molar-refractivity contribution in [1.29, 1.82) is 0 Å². The molecular formula is C19H28ClN. The van der Waals surface area contributed by atoms with Crippen molar-refractivity contribution < 1.29 is 0 Å². The maximum absolute atomic E-state index is 6.97. The predicted octanol–water partition coefficient (Wildman–Crippen LogP) is 5.35. The molecule has 2 fully saturated rings. The molecule has 2 atom stereocenters. The lowest BCUT2D eigenvalue weighted by Crippen LogP contribution is -2.53. The summed E-state index contributed by atoms with van der Waals surface area (Å²) in [6.45, 7) is 0. The molecule has 3 rings (SSSR count). The predicted molar refractivity (Wildman–Crippen MR) is 90.6 cm³/mol. The summed E-state index contributed by atoms with van der Waals surface area (Å²) in [5.41, 5.74) is 8.33. The molecule has 0 radical (unpaired) electrons. The first kappa shape index (κ1) is 15.4. The first-order chi connectivity index (χ1) is 10.2. The van der Waals surface area contributed by atoms with Gasteiger partial charge in [0.05, 0.1) is 0 Å². The fraction of sp³-hybridized carbons (Fsp3) is 0.684. The summed E-state index contributed by atoms with van der Waals surface area (Å²) in [4.78, 5) is 0. The first-order valence-corrected chi connectivity index (χ1v) is 9.08. The highest BCUT2D eigenvalue weighted by molar-refractivity contribution is 6.30. The number of hydrogen-bond acceptors (Lipinski definition) is 1. The molecule has 2 unspecified atom stereocenters. The average molecular weight is 306 g/mol. The Balaban J connectivity index is 1.75. The molecule has 0 aliphatic heterocycles. The van der Waals surface area contributed by atoms with Crippen LogP contribution in [0.3, 0.4) is 0 Å². The highest BCUT2D eigenvalue weighted by atomic mass is 35.5. The van der Waals surface area contributed by atoms with Gasteiger partial charge in [-0.25, -0.2) is 0 Å². The Morgan fingerprint density at radius 2 is 1.62 bits per heavy atom. The van der Waals surface area contributed by atoms with Crippen LogP contribution in [0.25, 0.3) is 0 Å². The van der Waals surface area contributed by atoms with Gasteiger partial charge in [-0.05, 0) is 48.8 Å². The van der Waals surface area contributed by atoms with Gasteiger partial charge in [0.15, 0.2) is 0 Å².